The molecule has 4 nitrogen and oxygen atoms in total. The fourth-order valence-corrected chi connectivity index (χ4v) is 4.21. The van der Waals surface area contributed by atoms with Crippen LogP contribution in [0.5, 0.6) is 0 Å². The molecule has 1 aliphatic heterocycles. The van der Waals surface area contributed by atoms with Gasteiger partial charge in [0.05, 0.1) is 12.8 Å². The Labute approximate surface area is 174 Å². The monoisotopic (exact) mass is 399 g/mol. The topological polar surface area (TPSA) is 31.6 Å². The van der Waals surface area contributed by atoms with Crippen molar-refractivity contribution < 1.29 is 4.42 Å². The summed E-state index contributed by atoms with van der Waals surface area (Å²) in [6.07, 6.45) is 8.27. The number of aryl methyl sites for hydroxylation is 2. The summed E-state index contributed by atoms with van der Waals surface area (Å²) < 4.78 is 5.58. The molecule has 1 N–H and O–H groups in total. The second kappa shape index (κ2) is 10.6. The summed E-state index contributed by atoms with van der Waals surface area (Å²) in [6, 6.07) is 10.4. The zero-order chi connectivity index (χ0) is 19.8. The van der Waals surface area contributed by atoms with E-state index in [4.69, 9.17) is 16.6 Å². The lowest BCUT2D eigenvalue weighted by Crippen LogP contribution is -2.37. The van der Waals surface area contributed by atoms with E-state index in [1.54, 1.807) is 6.26 Å². The zero-order valence-corrected chi connectivity index (χ0v) is 18.1. The maximum absolute atomic E-state index is 5.77. The molecule has 1 aliphatic rings. The molecule has 0 aliphatic carbocycles. The van der Waals surface area contributed by atoms with Gasteiger partial charge in [0.2, 0.25) is 0 Å². The minimum atomic E-state index is 0.698. The normalized spacial score (nSPS) is 15.2. The van der Waals surface area contributed by atoms with E-state index in [-0.39, 0.29) is 0 Å². The molecule has 2 aromatic rings. The first-order chi connectivity index (χ1) is 13.6. The number of hydrogen-bond acceptors (Lipinski definition) is 3. The number of furan rings is 1. The molecule has 0 atom stereocenters. The molecule has 0 unspecified atom stereocenters. The summed E-state index contributed by atoms with van der Waals surface area (Å²) in [5, 5.41) is 4.20. The van der Waals surface area contributed by atoms with Crippen molar-refractivity contribution in [1.82, 2.24) is 9.80 Å². The Morgan fingerprint density at radius 3 is 2.46 bits per heavy atom. The van der Waals surface area contributed by atoms with Gasteiger partial charge in [0.15, 0.2) is 5.11 Å². The Bertz CT molecular complexity index is 716. The van der Waals surface area contributed by atoms with Gasteiger partial charge in [-0.25, -0.2) is 0 Å². The highest BCUT2D eigenvalue weighted by molar-refractivity contribution is 7.80. The van der Waals surface area contributed by atoms with Gasteiger partial charge in [-0.2, -0.15) is 0 Å². The second-order valence-corrected chi connectivity index (χ2v) is 8.30. The first-order valence-corrected chi connectivity index (χ1v) is 10.9. The summed E-state index contributed by atoms with van der Waals surface area (Å²) in [4.78, 5) is 4.84. The molecule has 3 rings (SSSR count). The Kier molecular flexibility index (Phi) is 7.92. The van der Waals surface area contributed by atoms with E-state index in [2.05, 4.69) is 47.2 Å². The van der Waals surface area contributed by atoms with Gasteiger partial charge in [-0.15, -0.1) is 0 Å². The quantitative estimate of drug-likeness (QED) is 0.633. The lowest BCUT2D eigenvalue weighted by molar-refractivity contribution is 0.262. The van der Waals surface area contributed by atoms with Gasteiger partial charge in [0.25, 0.3) is 0 Å². The minimum Gasteiger partial charge on any atom is -0.467 e. The van der Waals surface area contributed by atoms with Crippen LogP contribution in [0.2, 0.25) is 0 Å². The average Bonchev–Trinajstić information content (AvgIpc) is 3.02. The molecule has 0 saturated carbocycles. The Morgan fingerprint density at radius 1 is 1.11 bits per heavy atom. The molecule has 28 heavy (non-hydrogen) atoms. The molecule has 1 saturated heterocycles. The molecule has 0 bridgehead atoms. The predicted molar refractivity (Wildman–Crippen MR) is 121 cm³/mol. The van der Waals surface area contributed by atoms with Crippen molar-refractivity contribution in [2.24, 2.45) is 0 Å². The van der Waals surface area contributed by atoms with Crippen LogP contribution in [0.15, 0.2) is 41.0 Å². The molecule has 1 aromatic carbocycles. The lowest BCUT2D eigenvalue weighted by atomic mass is 10.1. The Morgan fingerprint density at radius 2 is 1.82 bits per heavy atom. The zero-order valence-electron chi connectivity index (χ0n) is 17.2. The predicted octanol–water partition coefficient (Wildman–Crippen LogP) is 5.36. The fraction of sp³-hybridized carbons (Fsp3) is 0.522. The van der Waals surface area contributed by atoms with Crippen molar-refractivity contribution in [2.75, 3.05) is 31.5 Å². The standard InChI is InChI=1S/C23H33N3OS/c1-19-15-20(2)17-21(16-19)24-23(28)26(18-22-9-7-14-27-22)13-8-12-25-10-5-3-4-6-11-25/h7,9,14-17H,3-6,8,10-13,18H2,1-2H3,(H,24,28). The third kappa shape index (κ3) is 6.64. The molecule has 152 valence electrons. The van der Waals surface area contributed by atoms with Crippen molar-refractivity contribution in [3.8, 4) is 0 Å². The smallest absolute Gasteiger partial charge is 0.173 e. The minimum absolute atomic E-state index is 0.698. The van der Waals surface area contributed by atoms with Crippen LogP contribution in [-0.4, -0.2) is 41.1 Å². The summed E-state index contributed by atoms with van der Waals surface area (Å²) in [7, 11) is 0. The van der Waals surface area contributed by atoms with Crippen LogP contribution in [0, 0.1) is 13.8 Å². The molecule has 1 fully saturated rings. The van der Waals surface area contributed by atoms with Crippen LogP contribution in [-0.2, 0) is 6.54 Å². The summed E-state index contributed by atoms with van der Waals surface area (Å²) in [5.74, 6) is 0.944. The highest BCUT2D eigenvalue weighted by Crippen LogP contribution is 2.16. The molecular weight excluding hydrogens is 366 g/mol. The third-order valence-electron chi connectivity index (χ3n) is 5.29. The van der Waals surface area contributed by atoms with Gasteiger partial charge in [0.1, 0.15) is 5.76 Å². The first kappa shape index (κ1) is 20.9. The van der Waals surface area contributed by atoms with E-state index in [0.29, 0.717) is 6.54 Å². The summed E-state index contributed by atoms with van der Waals surface area (Å²) >= 11 is 5.77. The summed E-state index contributed by atoms with van der Waals surface area (Å²) in [5.41, 5.74) is 3.53. The van der Waals surface area contributed by atoms with E-state index in [1.165, 1.54) is 49.9 Å². The van der Waals surface area contributed by atoms with Gasteiger partial charge in [-0.05, 0) is 100 Å². The molecule has 0 spiro atoms. The molecule has 0 amide bonds. The first-order valence-electron chi connectivity index (χ1n) is 10.5. The molecular formula is C23H33N3OS. The van der Waals surface area contributed by atoms with Crippen LogP contribution >= 0.6 is 12.2 Å². The van der Waals surface area contributed by atoms with E-state index in [0.717, 1.165) is 36.1 Å². The number of hydrogen-bond donors (Lipinski definition) is 1. The molecule has 5 heteroatoms. The van der Waals surface area contributed by atoms with Gasteiger partial charge in [-0.1, -0.05) is 18.9 Å². The lowest BCUT2D eigenvalue weighted by Gasteiger charge is -2.27. The number of rotatable bonds is 7. The van der Waals surface area contributed by atoms with E-state index >= 15 is 0 Å². The molecule has 1 aromatic heterocycles. The van der Waals surface area contributed by atoms with Gasteiger partial charge >= 0.3 is 0 Å². The maximum Gasteiger partial charge on any atom is 0.173 e. The molecule has 0 radical (unpaired) electrons. The van der Waals surface area contributed by atoms with Crippen LogP contribution in [0.1, 0.15) is 49.0 Å². The largest absolute Gasteiger partial charge is 0.467 e. The number of likely N-dealkylation sites (tertiary alicyclic amines) is 1. The van der Waals surface area contributed by atoms with Crippen molar-refractivity contribution in [1.29, 1.82) is 0 Å². The summed E-state index contributed by atoms with van der Waals surface area (Å²) in [6.45, 7) is 9.47. The number of anilines is 1. The fourth-order valence-electron chi connectivity index (χ4n) is 3.94. The maximum atomic E-state index is 5.77. The van der Waals surface area contributed by atoms with E-state index in [9.17, 15) is 0 Å². The number of thiocarbonyl (C=S) groups is 1. The van der Waals surface area contributed by atoms with Crippen molar-refractivity contribution in [2.45, 2.75) is 52.5 Å². The molecule has 2 heterocycles. The van der Waals surface area contributed by atoms with Crippen LogP contribution in [0.4, 0.5) is 5.69 Å². The van der Waals surface area contributed by atoms with Gasteiger partial charge in [-0.3, -0.25) is 0 Å². The Balaban J connectivity index is 1.59. The van der Waals surface area contributed by atoms with E-state index in [1.807, 2.05) is 12.1 Å². The van der Waals surface area contributed by atoms with Crippen molar-refractivity contribution in [3.63, 3.8) is 0 Å². The Hall–Kier alpha value is -1.85. The highest BCUT2D eigenvalue weighted by atomic mass is 32.1. The van der Waals surface area contributed by atoms with Crippen LogP contribution in [0.3, 0.4) is 0 Å². The highest BCUT2D eigenvalue weighted by Gasteiger charge is 2.14. The number of benzene rings is 1. The van der Waals surface area contributed by atoms with Crippen LogP contribution < -0.4 is 5.32 Å². The van der Waals surface area contributed by atoms with Crippen molar-refractivity contribution in [3.05, 3.63) is 53.5 Å². The van der Waals surface area contributed by atoms with Gasteiger partial charge in [0, 0.05) is 12.2 Å². The second-order valence-electron chi connectivity index (χ2n) is 7.92. The average molecular weight is 400 g/mol. The number of nitrogens with one attached hydrogen (secondary N) is 1. The third-order valence-corrected chi connectivity index (χ3v) is 5.65. The van der Waals surface area contributed by atoms with Crippen LogP contribution in [0.25, 0.3) is 0 Å². The SMILES string of the molecule is Cc1cc(C)cc(NC(=S)N(CCCN2CCCCCC2)Cc2ccco2)c1. The van der Waals surface area contributed by atoms with E-state index < -0.39 is 0 Å². The van der Waals surface area contributed by atoms with Crippen molar-refractivity contribution >= 4 is 23.0 Å². The van der Waals surface area contributed by atoms with Gasteiger partial charge < -0.3 is 19.5 Å². The number of nitrogens with zero attached hydrogens (tertiary/aromatic N) is 2.